The molecule has 2 aromatic heterocycles. The minimum atomic E-state index is -0.0597. The lowest BCUT2D eigenvalue weighted by atomic mass is 10.2. The van der Waals surface area contributed by atoms with Crippen molar-refractivity contribution in [3.63, 3.8) is 0 Å². The molecule has 4 nitrogen and oxygen atoms in total. The zero-order chi connectivity index (χ0) is 13.8. The molecular weight excluding hydrogens is 258 g/mol. The molecule has 0 fully saturated rings. The van der Waals surface area contributed by atoms with Crippen molar-refractivity contribution in [3.8, 4) is 0 Å². The highest BCUT2D eigenvalue weighted by molar-refractivity contribution is 7.09. The molecule has 2 aromatic rings. The molecule has 102 valence electrons. The summed E-state index contributed by atoms with van der Waals surface area (Å²) in [5, 5.41) is 5.27. The summed E-state index contributed by atoms with van der Waals surface area (Å²) in [4.78, 5) is 17.6. The van der Waals surface area contributed by atoms with Gasteiger partial charge < -0.3 is 9.88 Å². The van der Waals surface area contributed by atoms with Crippen molar-refractivity contribution in [2.45, 2.75) is 39.3 Å². The molecule has 1 N–H and O–H groups in total. The minimum absolute atomic E-state index is 0.0597. The third-order valence-electron chi connectivity index (χ3n) is 2.89. The van der Waals surface area contributed by atoms with Crippen LogP contribution in [0.1, 0.15) is 31.7 Å². The van der Waals surface area contributed by atoms with Gasteiger partial charge in [0.1, 0.15) is 0 Å². The van der Waals surface area contributed by atoms with E-state index in [1.54, 1.807) is 28.3 Å². The molecule has 2 heterocycles. The van der Waals surface area contributed by atoms with Gasteiger partial charge in [-0.1, -0.05) is 6.07 Å². The molecular formula is C14H19N3OS. The number of rotatable bonds is 5. The molecule has 0 aromatic carbocycles. The number of aromatic nitrogens is 2. The summed E-state index contributed by atoms with van der Waals surface area (Å²) in [5.41, 5.74) is -0.0597. The second-order valence-corrected chi connectivity index (χ2v) is 5.94. The average molecular weight is 277 g/mol. The van der Waals surface area contributed by atoms with Crippen LogP contribution in [0.3, 0.4) is 0 Å². The van der Waals surface area contributed by atoms with Crippen LogP contribution in [0.4, 0.5) is 5.82 Å². The van der Waals surface area contributed by atoms with Crippen molar-refractivity contribution >= 4 is 17.2 Å². The molecule has 19 heavy (non-hydrogen) atoms. The Bertz CT molecular complexity index is 575. The molecule has 0 amide bonds. The summed E-state index contributed by atoms with van der Waals surface area (Å²) in [5.74, 6) is 0.431. The maximum absolute atomic E-state index is 12.2. The third-order valence-corrected chi connectivity index (χ3v) is 3.79. The summed E-state index contributed by atoms with van der Waals surface area (Å²) in [6, 6.07) is 4.47. The van der Waals surface area contributed by atoms with E-state index in [0.29, 0.717) is 5.82 Å². The molecule has 0 aliphatic rings. The van der Waals surface area contributed by atoms with Crippen molar-refractivity contribution in [1.82, 2.24) is 9.55 Å². The molecule has 2 rings (SSSR count). The molecule has 0 saturated heterocycles. The van der Waals surface area contributed by atoms with Crippen molar-refractivity contribution in [2.75, 3.05) is 5.32 Å². The Labute approximate surface area is 117 Å². The van der Waals surface area contributed by atoms with E-state index in [0.717, 1.165) is 6.42 Å². The van der Waals surface area contributed by atoms with Crippen molar-refractivity contribution in [2.24, 2.45) is 0 Å². The first kappa shape index (κ1) is 13.8. The van der Waals surface area contributed by atoms with E-state index in [2.05, 4.69) is 28.7 Å². The first-order valence-corrected chi connectivity index (χ1v) is 7.32. The largest absolute Gasteiger partial charge is 0.363 e. The summed E-state index contributed by atoms with van der Waals surface area (Å²) in [6.07, 6.45) is 4.29. The third kappa shape index (κ3) is 3.44. The smallest absolute Gasteiger partial charge is 0.293 e. The molecule has 0 aliphatic carbocycles. The van der Waals surface area contributed by atoms with E-state index in [9.17, 15) is 4.79 Å². The lowest BCUT2D eigenvalue weighted by Crippen LogP contribution is -2.29. The van der Waals surface area contributed by atoms with Gasteiger partial charge in [0.2, 0.25) is 0 Å². The topological polar surface area (TPSA) is 46.9 Å². The van der Waals surface area contributed by atoms with Crippen LogP contribution in [-0.2, 0) is 6.42 Å². The number of nitrogens with one attached hydrogen (secondary N) is 1. The van der Waals surface area contributed by atoms with Crippen LogP contribution in [-0.4, -0.2) is 15.6 Å². The Morgan fingerprint density at radius 3 is 2.84 bits per heavy atom. The van der Waals surface area contributed by atoms with E-state index >= 15 is 0 Å². The Morgan fingerprint density at radius 2 is 2.21 bits per heavy atom. The highest BCUT2D eigenvalue weighted by Crippen LogP contribution is 2.12. The van der Waals surface area contributed by atoms with Crippen LogP contribution < -0.4 is 10.9 Å². The van der Waals surface area contributed by atoms with Crippen LogP contribution in [0, 0.1) is 0 Å². The quantitative estimate of drug-likeness (QED) is 0.914. The number of thiophene rings is 1. The van der Waals surface area contributed by atoms with Gasteiger partial charge in [0.15, 0.2) is 5.82 Å². The van der Waals surface area contributed by atoms with E-state index in [4.69, 9.17) is 0 Å². The zero-order valence-electron chi connectivity index (χ0n) is 11.5. The van der Waals surface area contributed by atoms with Gasteiger partial charge in [0.05, 0.1) is 0 Å². The van der Waals surface area contributed by atoms with Crippen LogP contribution in [0.15, 0.2) is 34.7 Å². The van der Waals surface area contributed by atoms with Gasteiger partial charge in [0.25, 0.3) is 5.56 Å². The van der Waals surface area contributed by atoms with E-state index in [1.807, 2.05) is 19.9 Å². The minimum Gasteiger partial charge on any atom is -0.363 e. The van der Waals surface area contributed by atoms with Crippen molar-refractivity contribution in [1.29, 1.82) is 0 Å². The monoisotopic (exact) mass is 277 g/mol. The Balaban J connectivity index is 2.11. The van der Waals surface area contributed by atoms with Crippen LogP contribution in [0.25, 0.3) is 0 Å². The maximum Gasteiger partial charge on any atom is 0.293 e. The highest BCUT2D eigenvalue weighted by atomic mass is 32.1. The molecule has 1 unspecified atom stereocenters. The maximum atomic E-state index is 12.2. The van der Waals surface area contributed by atoms with E-state index in [-0.39, 0.29) is 17.6 Å². The van der Waals surface area contributed by atoms with E-state index < -0.39 is 0 Å². The fourth-order valence-corrected chi connectivity index (χ4v) is 2.78. The summed E-state index contributed by atoms with van der Waals surface area (Å²) >= 11 is 1.73. The normalized spacial score (nSPS) is 12.6. The van der Waals surface area contributed by atoms with E-state index in [1.165, 1.54) is 4.88 Å². The van der Waals surface area contributed by atoms with Gasteiger partial charge in [-0.25, -0.2) is 4.98 Å². The second-order valence-electron chi connectivity index (χ2n) is 4.91. The number of nitrogens with zero attached hydrogens (tertiary/aromatic N) is 2. The van der Waals surface area contributed by atoms with Gasteiger partial charge in [-0.15, -0.1) is 11.3 Å². The van der Waals surface area contributed by atoms with Crippen LogP contribution in [0.2, 0.25) is 0 Å². The Kier molecular flexibility index (Phi) is 4.37. The Hall–Kier alpha value is -1.62. The fourth-order valence-electron chi connectivity index (χ4n) is 1.95. The molecule has 0 aliphatic heterocycles. The molecule has 5 heteroatoms. The van der Waals surface area contributed by atoms with Gasteiger partial charge in [-0.05, 0) is 32.2 Å². The van der Waals surface area contributed by atoms with Gasteiger partial charge in [0, 0.05) is 35.8 Å². The zero-order valence-corrected chi connectivity index (χ0v) is 12.3. The number of hydrogen-bond donors (Lipinski definition) is 1. The first-order chi connectivity index (χ1) is 9.08. The van der Waals surface area contributed by atoms with Crippen LogP contribution in [0.5, 0.6) is 0 Å². The standard InChI is InChI=1S/C14H19N3OS/c1-10(2)17-7-6-15-13(14(17)18)16-11(3)9-12-5-4-8-19-12/h4-8,10-11H,9H2,1-3H3,(H,15,16). The van der Waals surface area contributed by atoms with Crippen molar-refractivity contribution < 1.29 is 0 Å². The second kappa shape index (κ2) is 6.02. The number of anilines is 1. The predicted molar refractivity (Wildman–Crippen MR) is 80.0 cm³/mol. The summed E-state index contributed by atoms with van der Waals surface area (Å²) < 4.78 is 1.69. The number of hydrogen-bond acceptors (Lipinski definition) is 4. The van der Waals surface area contributed by atoms with Crippen molar-refractivity contribution in [3.05, 3.63) is 45.1 Å². The van der Waals surface area contributed by atoms with Gasteiger partial charge in [-0.2, -0.15) is 0 Å². The summed E-state index contributed by atoms with van der Waals surface area (Å²) in [7, 11) is 0. The SMILES string of the molecule is CC(Cc1cccs1)Nc1nccn(C(C)C)c1=O. The molecule has 0 spiro atoms. The Morgan fingerprint density at radius 1 is 1.42 bits per heavy atom. The predicted octanol–water partition coefficient (Wildman–Crippen LogP) is 2.93. The fraction of sp³-hybridized carbons (Fsp3) is 0.429. The first-order valence-electron chi connectivity index (χ1n) is 6.44. The summed E-state index contributed by atoms with van der Waals surface area (Å²) in [6.45, 7) is 6.04. The lowest BCUT2D eigenvalue weighted by molar-refractivity contribution is 0.574. The van der Waals surface area contributed by atoms with Crippen LogP contribution >= 0.6 is 11.3 Å². The average Bonchev–Trinajstić information content (AvgIpc) is 2.84. The lowest BCUT2D eigenvalue weighted by Gasteiger charge is -2.15. The molecule has 0 radical (unpaired) electrons. The molecule has 0 bridgehead atoms. The molecule has 0 saturated carbocycles. The van der Waals surface area contributed by atoms with Gasteiger partial charge >= 0.3 is 0 Å². The van der Waals surface area contributed by atoms with Gasteiger partial charge in [-0.3, -0.25) is 4.79 Å². The highest BCUT2D eigenvalue weighted by Gasteiger charge is 2.10. The molecule has 1 atom stereocenters.